The molecule has 0 saturated heterocycles. The molecule has 0 amide bonds. The first kappa shape index (κ1) is 11.3. The van der Waals surface area contributed by atoms with Gasteiger partial charge >= 0.3 is 0 Å². The van der Waals surface area contributed by atoms with Crippen molar-refractivity contribution in [1.29, 1.82) is 0 Å². The summed E-state index contributed by atoms with van der Waals surface area (Å²) in [4.78, 5) is 0. The van der Waals surface area contributed by atoms with Crippen molar-refractivity contribution >= 4 is 17.3 Å². The summed E-state index contributed by atoms with van der Waals surface area (Å²) in [6.07, 6.45) is -0.263. The molecular weight excluding hydrogens is 201 g/mol. The molecule has 1 aromatic rings. The minimum Gasteiger partial charge on any atom is -0.382 e. The third kappa shape index (κ3) is 2.88. The summed E-state index contributed by atoms with van der Waals surface area (Å²) in [5.74, 6) is 0. The van der Waals surface area contributed by atoms with Gasteiger partial charge in [-0.05, 0) is 31.0 Å². The van der Waals surface area contributed by atoms with Crippen molar-refractivity contribution in [2.75, 3.05) is 11.9 Å². The molecule has 0 spiro atoms. The van der Waals surface area contributed by atoms with Gasteiger partial charge in [0.05, 0.1) is 0 Å². The van der Waals surface area contributed by atoms with Gasteiger partial charge in [0, 0.05) is 17.3 Å². The lowest BCUT2D eigenvalue weighted by Gasteiger charge is -2.12. The maximum Gasteiger partial charge on any atom is 0.117 e. The third-order valence-electron chi connectivity index (χ3n) is 2.22. The smallest absolute Gasteiger partial charge is 0.117 e. The fourth-order valence-corrected chi connectivity index (χ4v) is 1.34. The van der Waals surface area contributed by atoms with Crippen LogP contribution in [0.1, 0.15) is 18.9 Å². The molecule has 14 heavy (non-hydrogen) atoms. The second kappa shape index (κ2) is 5.20. The summed E-state index contributed by atoms with van der Waals surface area (Å²) < 4.78 is 13.0. The molecule has 0 fully saturated rings. The Morgan fingerprint density at radius 1 is 1.50 bits per heavy atom. The van der Waals surface area contributed by atoms with Gasteiger partial charge in [-0.25, -0.2) is 4.39 Å². The highest BCUT2D eigenvalue weighted by atomic mass is 35.5. The highest BCUT2D eigenvalue weighted by molar-refractivity contribution is 6.31. The number of benzene rings is 1. The highest BCUT2D eigenvalue weighted by Crippen LogP contribution is 2.22. The van der Waals surface area contributed by atoms with Gasteiger partial charge in [-0.15, -0.1) is 0 Å². The molecule has 1 atom stereocenters. The van der Waals surface area contributed by atoms with Crippen LogP contribution in [0.4, 0.5) is 10.1 Å². The molecule has 3 heteroatoms. The van der Waals surface area contributed by atoms with Crippen LogP contribution in [0.3, 0.4) is 0 Å². The molecule has 1 N–H and O–H groups in total. The first-order chi connectivity index (χ1) is 6.65. The lowest BCUT2D eigenvalue weighted by Crippen LogP contribution is -2.14. The van der Waals surface area contributed by atoms with Crippen LogP contribution < -0.4 is 5.32 Å². The molecule has 0 aliphatic rings. The van der Waals surface area contributed by atoms with E-state index in [0.29, 0.717) is 18.0 Å². The molecule has 0 heterocycles. The Balaban J connectivity index is 2.63. The van der Waals surface area contributed by atoms with E-state index in [9.17, 15) is 4.39 Å². The van der Waals surface area contributed by atoms with Crippen LogP contribution in [-0.2, 0) is 0 Å². The Kier molecular flexibility index (Phi) is 4.21. The largest absolute Gasteiger partial charge is 0.382 e. The van der Waals surface area contributed by atoms with Gasteiger partial charge in [-0.1, -0.05) is 24.6 Å². The number of anilines is 1. The summed E-state index contributed by atoms with van der Waals surface area (Å²) in [5.41, 5.74) is 1.88. The van der Waals surface area contributed by atoms with Gasteiger partial charge in [0.1, 0.15) is 6.17 Å². The van der Waals surface area contributed by atoms with Crippen LogP contribution in [0.25, 0.3) is 0 Å². The van der Waals surface area contributed by atoms with E-state index in [1.165, 1.54) is 0 Å². The van der Waals surface area contributed by atoms with Crippen LogP contribution in [-0.4, -0.2) is 12.7 Å². The fraction of sp³-hybridized carbons (Fsp3) is 0.455. The second-order valence-electron chi connectivity index (χ2n) is 3.30. The van der Waals surface area contributed by atoms with Crippen LogP contribution in [0.2, 0.25) is 5.02 Å². The Morgan fingerprint density at radius 3 is 2.86 bits per heavy atom. The van der Waals surface area contributed by atoms with Gasteiger partial charge in [0.2, 0.25) is 0 Å². The molecule has 0 radical (unpaired) electrons. The molecule has 1 rings (SSSR count). The molecule has 0 aliphatic carbocycles. The number of rotatable bonds is 4. The molecule has 0 saturated carbocycles. The lowest BCUT2D eigenvalue weighted by atomic mass is 10.2. The quantitative estimate of drug-likeness (QED) is 0.806. The summed E-state index contributed by atoms with van der Waals surface area (Å²) >= 11 is 5.93. The Hall–Kier alpha value is -0.760. The molecule has 1 nitrogen and oxygen atoms in total. The topological polar surface area (TPSA) is 12.0 Å². The molecular formula is C11H15ClFN. The van der Waals surface area contributed by atoms with Crippen molar-refractivity contribution in [1.82, 2.24) is 0 Å². The predicted molar refractivity (Wildman–Crippen MR) is 59.9 cm³/mol. The first-order valence-electron chi connectivity index (χ1n) is 4.78. The van der Waals surface area contributed by atoms with Crippen molar-refractivity contribution in [2.45, 2.75) is 26.4 Å². The average Bonchev–Trinajstić information content (AvgIpc) is 2.20. The minimum absolute atomic E-state index is 0.345. The van der Waals surface area contributed by atoms with Crippen molar-refractivity contribution in [2.24, 2.45) is 0 Å². The zero-order valence-corrected chi connectivity index (χ0v) is 9.24. The van der Waals surface area contributed by atoms with E-state index in [0.717, 1.165) is 11.3 Å². The molecule has 78 valence electrons. The SMILES string of the molecule is CCC(F)CNc1cccc(Cl)c1C. The Morgan fingerprint density at radius 2 is 2.21 bits per heavy atom. The van der Waals surface area contributed by atoms with Crippen LogP contribution in [0, 0.1) is 6.92 Å². The van der Waals surface area contributed by atoms with Crippen molar-refractivity contribution in [3.63, 3.8) is 0 Å². The second-order valence-corrected chi connectivity index (χ2v) is 3.71. The zero-order valence-electron chi connectivity index (χ0n) is 8.48. The summed E-state index contributed by atoms with van der Waals surface area (Å²) in [6, 6.07) is 5.59. The molecule has 0 aliphatic heterocycles. The maximum absolute atomic E-state index is 13.0. The van der Waals surface area contributed by atoms with Crippen molar-refractivity contribution in [3.8, 4) is 0 Å². The van der Waals surface area contributed by atoms with E-state index in [4.69, 9.17) is 11.6 Å². The summed E-state index contributed by atoms with van der Waals surface area (Å²) in [6.45, 7) is 4.10. The van der Waals surface area contributed by atoms with E-state index in [2.05, 4.69) is 5.32 Å². The van der Waals surface area contributed by atoms with Crippen molar-refractivity contribution < 1.29 is 4.39 Å². The Bertz CT molecular complexity index is 301. The normalized spacial score (nSPS) is 12.6. The highest BCUT2D eigenvalue weighted by Gasteiger charge is 2.05. The van der Waals surface area contributed by atoms with Crippen LogP contribution in [0.5, 0.6) is 0 Å². The van der Waals surface area contributed by atoms with E-state index >= 15 is 0 Å². The predicted octanol–water partition coefficient (Wildman–Crippen LogP) is 3.81. The molecule has 0 bridgehead atoms. The van der Waals surface area contributed by atoms with E-state index in [1.54, 1.807) is 0 Å². The van der Waals surface area contributed by atoms with Gasteiger partial charge in [0.15, 0.2) is 0 Å². The number of alkyl halides is 1. The monoisotopic (exact) mass is 215 g/mol. The first-order valence-corrected chi connectivity index (χ1v) is 5.16. The number of hydrogen-bond donors (Lipinski definition) is 1. The summed E-state index contributed by atoms with van der Waals surface area (Å²) in [5, 5.41) is 3.76. The van der Waals surface area contributed by atoms with E-state index in [1.807, 2.05) is 32.0 Å². The standard InChI is InChI=1S/C11H15ClFN/c1-3-9(13)7-14-11-6-4-5-10(12)8(11)2/h4-6,9,14H,3,7H2,1-2H3. The number of nitrogens with one attached hydrogen (secondary N) is 1. The fourth-order valence-electron chi connectivity index (χ4n) is 1.16. The number of halogens is 2. The van der Waals surface area contributed by atoms with Gasteiger partial charge in [0.25, 0.3) is 0 Å². The molecule has 1 aromatic carbocycles. The maximum atomic E-state index is 13.0. The number of hydrogen-bond acceptors (Lipinski definition) is 1. The van der Waals surface area contributed by atoms with Crippen LogP contribution in [0.15, 0.2) is 18.2 Å². The van der Waals surface area contributed by atoms with E-state index in [-0.39, 0.29) is 0 Å². The van der Waals surface area contributed by atoms with Gasteiger partial charge in [-0.2, -0.15) is 0 Å². The van der Waals surface area contributed by atoms with Gasteiger partial charge < -0.3 is 5.32 Å². The lowest BCUT2D eigenvalue weighted by molar-refractivity contribution is 0.340. The van der Waals surface area contributed by atoms with Crippen LogP contribution >= 0.6 is 11.6 Å². The van der Waals surface area contributed by atoms with Crippen molar-refractivity contribution in [3.05, 3.63) is 28.8 Å². The Labute approximate surface area is 89.3 Å². The van der Waals surface area contributed by atoms with Gasteiger partial charge in [-0.3, -0.25) is 0 Å². The minimum atomic E-state index is -0.798. The molecule has 0 aromatic heterocycles. The molecule has 1 unspecified atom stereocenters. The van der Waals surface area contributed by atoms with E-state index < -0.39 is 6.17 Å². The zero-order chi connectivity index (χ0) is 10.6. The summed E-state index contributed by atoms with van der Waals surface area (Å²) in [7, 11) is 0. The average molecular weight is 216 g/mol. The third-order valence-corrected chi connectivity index (χ3v) is 2.63.